The van der Waals surface area contributed by atoms with Crippen molar-refractivity contribution in [2.24, 2.45) is 5.92 Å². The van der Waals surface area contributed by atoms with Crippen LogP contribution in [0.5, 0.6) is 0 Å². The molecule has 3 N–H and O–H groups in total. The van der Waals surface area contributed by atoms with Crippen molar-refractivity contribution in [3.63, 3.8) is 0 Å². The molecule has 102 valence electrons. The molecule has 1 heterocycles. The van der Waals surface area contributed by atoms with Gasteiger partial charge in [0.05, 0.1) is 16.1 Å². The fourth-order valence-corrected chi connectivity index (χ4v) is 2.11. The molecular weight excluding hydrogens is 264 g/mol. The van der Waals surface area contributed by atoms with Crippen molar-refractivity contribution in [1.82, 2.24) is 14.9 Å². The van der Waals surface area contributed by atoms with Gasteiger partial charge < -0.3 is 11.1 Å². The van der Waals surface area contributed by atoms with Gasteiger partial charge in [-0.1, -0.05) is 31.5 Å². The van der Waals surface area contributed by atoms with E-state index in [-0.39, 0.29) is 12.5 Å². The lowest BCUT2D eigenvalue weighted by Crippen LogP contribution is -2.30. The van der Waals surface area contributed by atoms with E-state index in [9.17, 15) is 4.79 Å². The van der Waals surface area contributed by atoms with Gasteiger partial charge in [-0.3, -0.25) is 9.36 Å². The third kappa shape index (κ3) is 2.98. The lowest BCUT2D eigenvalue weighted by molar-refractivity contribution is -0.121. The second-order valence-corrected chi connectivity index (χ2v) is 5.27. The van der Waals surface area contributed by atoms with E-state index >= 15 is 0 Å². The van der Waals surface area contributed by atoms with E-state index in [0.29, 0.717) is 34.5 Å². The first-order valence-electron chi connectivity index (χ1n) is 6.16. The summed E-state index contributed by atoms with van der Waals surface area (Å²) in [6, 6.07) is 5.38. The number of imidazole rings is 1. The molecule has 0 saturated heterocycles. The van der Waals surface area contributed by atoms with Gasteiger partial charge in [-0.2, -0.15) is 0 Å². The third-order valence-corrected chi connectivity index (χ3v) is 3.06. The van der Waals surface area contributed by atoms with Gasteiger partial charge in [-0.15, -0.1) is 0 Å². The number of fused-ring (bicyclic) bond motifs is 1. The first-order chi connectivity index (χ1) is 8.99. The van der Waals surface area contributed by atoms with Crippen LogP contribution in [0.1, 0.15) is 13.8 Å². The monoisotopic (exact) mass is 280 g/mol. The number of anilines is 1. The highest BCUT2D eigenvalue weighted by molar-refractivity contribution is 6.35. The maximum absolute atomic E-state index is 11.9. The molecule has 0 radical (unpaired) electrons. The quantitative estimate of drug-likeness (QED) is 0.900. The van der Waals surface area contributed by atoms with Crippen LogP contribution < -0.4 is 11.1 Å². The predicted molar refractivity (Wildman–Crippen MR) is 77.0 cm³/mol. The number of amides is 1. The first kappa shape index (κ1) is 13.7. The van der Waals surface area contributed by atoms with E-state index in [0.717, 1.165) is 0 Å². The average Bonchev–Trinajstić information content (AvgIpc) is 2.65. The second-order valence-electron chi connectivity index (χ2n) is 4.86. The van der Waals surface area contributed by atoms with Crippen LogP contribution in [-0.2, 0) is 11.3 Å². The molecular formula is C13H17ClN4O. The van der Waals surface area contributed by atoms with Gasteiger partial charge in [0.1, 0.15) is 6.54 Å². The highest BCUT2D eigenvalue weighted by Gasteiger charge is 2.13. The van der Waals surface area contributed by atoms with Crippen LogP contribution in [0.4, 0.5) is 5.95 Å². The van der Waals surface area contributed by atoms with Crippen molar-refractivity contribution in [2.75, 3.05) is 12.3 Å². The Kier molecular flexibility index (Phi) is 3.95. The Balaban J connectivity index is 2.25. The minimum atomic E-state index is -0.0976. The number of halogens is 1. The summed E-state index contributed by atoms with van der Waals surface area (Å²) < 4.78 is 1.63. The van der Waals surface area contributed by atoms with Gasteiger partial charge >= 0.3 is 0 Å². The van der Waals surface area contributed by atoms with E-state index in [4.69, 9.17) is 17.3 Å². The van der Waals surface area contributed by atoms with Crippen LogP contribution in [0.3, 0.4) is 0 Å². The van der Waals surface area contributed by atoms with Crippen LogP contribution in [0.15, 0.2) is 18.2 Å². The van der Waals surface area contributed by atoms with Crippen molar-refractivity contribution >= 4 is 34.5 Å². The number of para-hydroxylation sites is 1. The van der Waals surface area contributed by atoms with Crippen molar-refractivity contribution in [3.05, 3.63) is 23.2 Å². The van der Waals surface area contributed by atoms with Crippen molar-refractivity contribution < 1.29 is 4.79 Å². The fourth-order valence-electron chi connectivity index (χ4n) is 1.84. The molecule has 0 saturated carbocycles. The number of aromatic nitrogens is 2. The lowest BCUT2D eigenvalue weighted by Gasteiger charge is -2.10. The summed E-state index contributed by atoms with van der Waals surface area (Å²) in [6.07, 6.45) is 0. The molecule has 0 atom stereocenters. The molecule has 1 aromatic heterocycles. The average molecular weight is 281 g/mol. The molecule has 0 unspecified atom stereocenters. The highest BCUT2D eigenvalue weighted by atomic mass is 35.5. The SMILES string of the molecule is CC(C)CNC(=O)Cn1c(N)nc2cccc(Cl)c21. The van der Waals surface area contributed by atoms with E-state index in [1.54, 1.807) is 16.7 Å². The molecule has 0 aliphatic carbocycles. The molecule has 5 nitrogen and oxygen atoms in total. The van der Waals surface area contributed by atoms with Gasteiger partial charge in [0.25, 0.3) is 0 Å². The van der Waals surface area contributed by atoms with E-state index in [1.165, 1.54) is 0 Å². The molecule has 0 fully saturated rings. The molecule has 0 aliphatic heterocycles. The van der Waals surface area contributed by atoms with Crippen LogP contribution in [0.2, 0.25) is 5.02 Å². The largest absolute Gasteiger partial charge is 0.369 e. The minimum Gasteiger partial charge on any atom is -0.369 e. The van der Waals surface area contributed by atoms with Crippen molar-refractivity contribution in [1.29, 1.82) is 0 Å². The summed E-state index contributed by atoms with van der Waals surface area (Å²) >= 11 is 6.14. The van der Waals surface area contributed by atoms with Crippen molar-refractivity contribution in [2.45, 2.75) is 20.4 Å². The number of rotatable bonds is 4. The van der Waals surface area contributed by atoms with Gasteiger partial charge in [0.15, 0.2) is 0 Å². The number of nitrogen functional groups attached to an aromatic ring is 1. The number of nitrogens with two attached hydrogens (primary N) is 1. The summed E-state index contributed by atoms with van der Waals surface area (Å²) in [5.41, 5.74) is 7.23. The maximum atomic E-state index is 11.9. The standard InChI is InChI=1S/C13H17ClN4O/c1-8(2)6-16-11(19)7-18-12-9(14)4-3-5-10(12)17-13(18)15/h3-5,8H,6-7H2,1-2H3,(H2,15,17)(H,16,19). The van der Waals surface area contributed by atoms with E-state index in [2.05, 4.69) is 10.3 Å². The number of benzene rings is 1. The predicted octanol–water partition coefficient (Wildman–Crippen LogP) is 2.04. The zero-order valence-corrected chi connectivity index (χ0v) is 11.7. The summed E-state index contributed by atoms with van der Waals surface area (Å²) in [5, 5.41) is 3.39. The lowest BCUT2D eigenvalue weighted by atomic mass is 10.2. The Labute approximate surface area is 116 Å². The Hall–Kier alpha value is -1.75. The van der Waals surface area contributed by atoms with Crippen molar-refractivity contribution in [3.8, 4) is 0 Å². The normalized spacial score (nSPS) is 11.2. The highest BCUT2D eigenvalue weighted by Crippen LogP contribution is 2.25. The molecule has 19 heavy (non-hydrogen) atoms. The Bertz CT molecular complexity index is 606. The summed E-state index contributed by atoms with van der Waals surface area (Å²) in [4.78, 5) is 16.1. The first-order valence-corrected chi connectivity index (χ1v) is 6.53. The Morgan fingerprint density at radius 3 is 2.95 bits per heavy atom. The summed E-state index contributed by atoms with van der Waals surface area (Å²) in [6.45, 7) is 4.84. The molecule has 6 heteroatoms. The summed E-state index contributed by atoms with van der Waals surface area (Å²) in [5.74, 6) is 0.604. The zero-order valence-electron chi connectivity index (χ0n) is 11.0. The topological polar surface area (TPSA) is 72.9 Å². The molecule has 1 amide bonds. The Morgan fingerprint density at radius 2 is 2.26 bits per heavy atom. The molecule has 2 aromatic rings. The van der Waals surface area contributed by atoms with Crippen LogP contribution in [0.25, 0.3) is 11.0 Å². The van der Waals surface area contributed by atoms with Gasteiger partial charge in [0.2, 0.25) is 11.9 Å². The van der Waals surface area contributed by atoms with E-state index in [1.807, 2.05) is 19.9 Å². The molecule has 0 aliphatic rings. The number of nitrogens with one attached hydrogen (secondary N) is 1. The van der Waals surface area contributed by atoms with Crippen LogP contribution >= 0.6 is 11.6 Å². The van der Waals surface area contributed by atoms with Gasteiger partial charge in [-0.05, 0) is 18.1 Å². The van der Waals surface area contributed by atoms with Gasteiger partial charge in [0, 0.05) is 6.54 Å². The minimum absolute atomic E-state index is 0.0976. The number of carbonyl (C=O) groups excluding carboxylic acids is 1. The summed E-state index contributed by atoms with van der Waals surface area (Å²) in [7, 11) is 0. The fraction of sp³-hybridized carbons (Fsp3) is 0.385. The van der Waals surface area contributed by atoms with Gasteiger partial charge in [-0.25, -0.2) is 4.98 Å². The number of hydrogen-bond acceptors (Lipinski definition) is 3. The molecule has 1 aromatic carbocycles. The van der Waals surface area contributed by atoms with Crippen LogP contribution in [-0.4, -0.2) is 22.0 Å². The molecule has 0 bridgehead atoms. The number of nitrogens with zero attached hydrogens (tertiary/aromatic N) is 2. The van der Waals surface area contributed by atoms with E-state index < -0.39 is 0 Å². The smallest absolute Gasteiger partial charge is 0.240 e. The molecule has 2 rings (SSSR count). The second kappa shape index (κ2) is 5.48. The maximum Gasteiger partial charge on any atom is 0.240 e. The number of hydrogen-bond donors (Lipinski definition) is 2. The molecule has 0 spiro atoms. The third-order valence-electron chi connectivity index (χ3n) is 2.76. The Morgan fingerprint density at radius 1 is 1.53 bits per heavy atom. The number of carbonyl (C=O) groups is 1. The zero-order chi connectivity index (χ0) is 14.0. The van der Waals surface area contributed by atoms with Crippen LogP contribution in [0, 0.1) is 5.92 Å².